The average molecular weight is 184 g/mol. The monoisotopic (exact) mass is 184 g/mol. The normalized spacial score (nSPS) is 8.64. The van der Waals surface area contributed by atoms with Crippen molar-refractivity contribution in [3.05, 3.63) is 34.9 Å². The number of benzene rings is 1. The summed E-state index contributed by atoms with van der Waals surface area (Å²) in [5.74, 6) is 5.97. The number of hydrogen-bond acceptors (Lipinski definition) is 2. The van der Waals surface area contributed by atoms with Crippen molar-refractivity contribution in [2.24, 2.45) is 5.73 Å². The van der Waals surface area contributed by atoms with Crippen LogP contribution in [0.3, 0.4) is 0 Å². The summed E-state index contributed by atoms with van der Waals surface area (Å²) < 4.78 is 0. The van der Waals surface area contributed by atoms with Crippen LogP contribution in [0.1, 0.15) is 23.1 Å². The summed E-state index contributed by atoms with van der Waals surface area (Å²) in [6, 6.07) is 7.69. The van der Waals surface area contributed by atoms with Gasteiger partial charge in [-0.05, 0) is 24.6 Å². The van der Waals surface area contributed by atoms with Gasteiger partial charge in [0.25, 0.3) is 0 Å². The molecular weight excluding hydrogens is 172 g/mol. The Balaban J connectivity index is 3.01. The van der Waals surface area contributed by atoms with E-state index in [1.807, 2.05) is 19.1 Å². The maximum Gasteiger partial charge on any atom is 0.0994 e. The Labute approximate surface area is 84.4 Å². The Hall–Kier alpha value is -1.77. The molecule has 2 heteroatoms. The van der Waals surface area contributed by atoms with Crippen LogP contribution in [0.2, 0.25) is 0 Å². The first-order valence-electron chi connectivity index (χ1n) is 4.48. The maximum atomic E-state index is 8.80. The van der Waals surface area contributed by atoms with Crippen LogP contribution in [0, 0.1) is 30.1 Å². The van der Waals surface area contributed by atoms with Gasteiger partial charge in [0.1, 0.15) is 0 Å². The summed E-state index contributed by atoms with van der Waals surface area (Å²) in [6.07, 6.45) is 0.691. The zero-order valence-corrected chi connectivity index (χ0v) is 8.17. The van der Waals surface area contributed by atoms with Crippen molar-refractivity contribution in [3.63, 3.8) is 0 Å². The van der Waals surface area contributed by atoms with E-state index in [1.54, 1.807) is 6.07 Å². The van der Waals surface area contributed by atoms with E-state index >= 15 is 0 Å². The fraction of sp³-hybridized carbons (Fsp3) is 0.250. The molecule has 0 unspecified atom stereocenters. The molecule has 2 N–H and O–H groups in total. The SMILES string of the molecule is Cc1c(C#N)cccc1C#CCCN. The molecule has 14 heavy (non-hydrogen) atoms. The minimum atomic E-state index is 0.573. The molecule has 0 aromatic heterocycles. The van der Waals surface area contributed by atoms with Gasteiger partial charge in [-0.2, -0.15) is 5.26 Å². The molecular formula is C12H12N2. The minimum absolute atomic E-state index is 0.573. The second kappa shape index (κ2) is 5.07. The number of rotatable bonds is 1. The van der Waals surface area contributed by atoms with Crippen LogP contribution in [0.15, 0.2) is 18.2 Å². The van der Waals surface area contributed by atoms with E-state index in [0.717, 1.165) is 11.1 Å². The van der Waals surface area contributed by atoms with Gasteiger partial charge in [0.2, 0.25) is 0 Å². The number of hydrogen-bond donors (Lipinski definition) is 1. The molecule has 0 atom stereocenters. The third kappa shape index (κ3) is 2.36. The molecule has 0 heterocycles. The van der Waals surface area contributed by atoms with Gasteiger partial charge in [0.05, 0.1) is 11.6 Å². The van der Waals surface area contributed by atoms with Gasteiger partial charge in [-0.15, -0.1) is 0 Å². The van der Waals surface area contributed by atoms with Gasteiger partial charge in [0.15, 0.2) is 0 Å². The molecule has 1 aromatic rings. The molecule has 0 amide bonds. The highest BCUT2D eigenvalue weighted by Gasteiger charge is 1.99. The van der Waals surface area contributed by atoms with E-state index in [9.17, 15) is 0 Å². The molecule has 1 rings (SSSR count). The molecule has 2 nitrogen and oxygen atoms in total. The first-order valence-corrected chi connectivity index (χ1v) is 4.48. The zero-order valence-electron chi connectivity index (χ0n) is 8.17. The van der Waals surface area contributed by atoms with E-state index in [2.05, 4.69) is 17.9 Å². The molecule has 0 saturated heterocycles. The highest BCUT2D eigenvalue weighted by Crippen LogP contribution is 2.11. The highest BCUT2D eigenvalue weighted by molar-refractivity contribution is 5.49. The average Bonchev–Trinajstić information content (AvgIpc) is 2.21. The van der Waals surface area contributed by atoms with Gasteiger partial charge in [-0.25, -0.2) is 0 Å². The van der Waals surface area contributed by atoms with Gasteiger partial charge in [-0.3, -0.25) is 0 Å². The Bertz CT molecular complexity index is 416. The van der Waals surface area contributed by atoms with Crippen LogP contribution < -0.4 is 5.73 Å². The van der Waals surface area contributed by atoms with E-state index in [0.29, 0.717) is 18.5 Å². The fourth-order valence-electron chi connectivity index (χ4n) is 1.12. The molecule has 0 aliphatic carbocycles. The summed E-state index contributed by atoms with van der Waals surface area (Å²) >= 11 is 0. The standard InChI is InChI=1S/C12H12N2/c1-10-11(5-2-3-8-13)6-4-7-12(10)9-14/h4,6-7H,3,8,13H2,1H3. The summed E-state index contributed by atoms with van der Waals surface area (Å²) in [7, 11) is 0. The Morgan fingerprint density at radius 2 is 2.07 bits per heavy atom. The summed E-state index contributed by atoms with van der Waals surface area (Å²) in [5.41, 5.74) is 7.88. The second-order valence-corrected chi connectivity index (χ2v) is 2.93. The lowest BCUT2D eigenvalue weighted by molar-refractivity contribution is 1.03. The van der Waals surface area contributed by atoms with Gasteiger partial charge < -0.3 is 5.73 Å². The molecule has 0 radical (unpaired) electrons. The first-order chi connectivity index (χ1) is 6.79. The predicted octanol–water partition coefficient (Wildman–Crippen LogP) is 1.57. The smallest absolute Gasteiger partial charge is 0.0994 e. The van der Waals surface area contributed by atoms with Crippen molar-refractivity contribution in [1.82, 2.24) is 0 Å². The summed E-state index contributed by atoms with van der Waals surface area (Å²) in [4.78, 5) is 0. The molecule has 0 fully saturated rings. The van der Waals surface area contributed by atoms with E-state index in [-0.39, 0.29) is 0 Å². The third-order valence-electron chi connectivity index (χ3n) is 1.95. The molecule has 0 spiro atoms. The van der Waals surface area contributed by atoms with Crippen molar-refractivity contribution in [3.8, 4) is 17.9 Å². The van der Waals surface area contributed by atoms with Crippen LogP contribution in [0.25, 0.3) is 0 Å². The zero-order chi connectivity index (χ0) is 10.4. The lowest BCUT2D eigenvalue weighted by Crippen LogP contribution is -1.95. The number of nitrogens with zero attached hydrogens (tertiary/aromatic N) is 1. The summed E-state index contributed by atoms with van der Waals surface area (Å²) in [6.45, 7) is 2.48. The number of nitrogens with two attached hydrogens (primary N) is 1. The lowest BCUT2D eigenvalue weighted by atomic mass is 10.0. The predicted molar refractivity (Wildman–Crippen MR) is 56.4 cm³/mol. The third-order valence-corrected chi connectivity index (χ3v) is 1.95. The van der Waals surface area contributed by atoms with E-state index in [1.165, 1.54) is 0 Å². The number of nitriles is 1. The second-order valence-electron chi connectivity index (χ2n) is 2.93. The van der Waals surface area contributed by atoms with Crippen LogP contribution in [-0.4, -0.2) is 6.54 Å². The largest absolute Gasteiger partial charge is 0.330 e. The minimum Gasteiger partial charge on any atom is -0.330 e. The molecule has 0 aliphatic heterocycles. The van der Waals surface area contributed by atoms with Crippen molar-refractivity contribution < 1.29 is 0 Å². The molecule has 70 valence electrons. The molecule has 1 aromatic carbocycles. The fourth-order valence-corrected chi connectivity index (χ4v) is 1.12. The first kappa shape index (κ1) is 10.3. The van der Waals surface area contributed by atoms with Gasteiger partial charge in [0, 0.05) is 18.5 Å². The van der Waals surface area contributed by atoms with Crippen molar-refractivity contribution in [2.75, 3.05) is 6.54 Å². The Kier molecular flexibility index (Phi) is 3.73. The van der Waals surface area contributed by atoms with Crippen LogP contribution in [0.5, 0.6) is 0 Å². The van der Waals surface area contributed by atoms with Crippen molar-refractivity contribution >= 4 is 0 Å². The van der Waals surface area contributed by atoms with Gasteiger partial charge in [-0.1, -0.05) is 17.9 Å². The van der Waals surface area contributed by atoms with Gasteiger partial charge >= 0.3 is 0 Å². The van der Waals surface area contributed by atoms with Crippen LogP contribution in [0.4, 0.5) is 0 Å². The highest BCUT2D eigenvalue weighted by atomic mass is 14.5. The Morgan fingerprint density at radius 3 is 2.71 bits per heavy atom. The van der Waals surface area contributed by atoms with E-state index < -0.39 is 0 Å². The lowest BCUT2D eigenvalue weighted by Gasteiger charge is -1.98. The van der Waals surface area contributed by atoms with Crippen LogP contribution in [-0.2, 0) is 0 Å². The Morgan fingerprint density at radius 1 is 1.36 bits per heavy atom. The van der Waals surface area contributed by atoms with Crippen LogP contribution >= 0.6 is 0 Å². The van der Waals surface area contributed by atoms with E-state index in [4.69, 9.17) is 11.0 Å². The maximum absolute atomic E-state index is 8.80. The van der Waals surface area contributed by atoms with Crippen molar-refractivity contribution in [1.29, 1.82) is 5.26 Å². The topological polar surface area (TPSA) is 49.8 Å². The summed E-state index contributed by atoms with van der Waals surface area (Å²) in [5, 5.41) is 8.80. The van der Waals surface area contributed by atoms with Crippen molar-refractivity contribution in [2.45, 2.75) is 13.3 Å². The molecule has 0 saturated carbocycles. The molecule has 0 bridgehead atoms. The quantitative estimate of drug-likeness (QED) is 0.673. The molecule has 0 aliphatic rings.